The highest BCUT2D eigenvalue weighted by Gasteiger charge is 2.32. The van der Waals surface area contributed by atoms with Crippen LogP contribution in [0.3, 0.4) is 0 Å². The van der Waals surface area contributed by atoms with Crippen LogP contribution in [-0.4, -0.2) is 15.2 Å². The number of halogens is 1. The summed E-state index contributed by atoms with van der Waals surface area (Å²) in [5.74, 6) is -0.231. The standard InChI is InChI=1S/C18H11ClN2O3S2/c19-13-6-3-7-14(11-13)20-17(22)16(26-18(20)25)9-2-5-12-4-1-8-15(10-12)21(23)24/h1-11H/b5-2+,16-9+. The van der Waals surface area contributed by atoms with Gasteiger partial charge in [0.15, 0.2) is 4.32 Å². The number of carbonyl (C=O) groups excluding carboxylic acids is 1. The fourth-order valence-electron chi connectivity index (χ4n) is 2.31. The molecule has 1 aliphatic rings. The molecule has 0 bridgehead atoms. The minimum absolute atomic E-state index is 0.0134. The van der Waals surface area contributed by atoms with Gasteiger partial charge in [-0.2, -0.15) is 0 Å². The number of hydrogen-bond donors (Lipinski definition) is 0. The molecule has 5 nitrogen and oxygen atoms in total. The second-order valence-corrected chi connectivity index (χ2v) is 7.34. The quantitative estimate of drug-likeness (QED) is 0.304. The maximum atomic E-state index is 12.6. The first-order valence-electron chi connectivity index (χ1n) is 7.40. The second-order valence-electron chi connectivity index (χ2n) is 5.23. The van der Waals surface area contributed by atoms with Crippen LogP contribution in [0.2, 0.25) is 5.02 Å². The van der Waals surface area contributed by atoms with Gasteiger partial charge < -0.3 is 0 Å². The Morgan fingerprint density at radius 1 is 1.19 bits per heavy atom. The highest BCUT2D eigenvalue weighted by molar-refractivity contribution is 8.27. The van der Waals surface area contributed by atoms with Gasteiger partial charge in [0.05, 0.1) is 15.5 Å². The van der Waals surface area contributed by atoms with Gasteiger partial charge in [-0.15, -0.1) is 0 Å². The summed E-state index contributed by atoms with van der Waals surface area (Å²) in [6.45, 7) is 0. The van der Waals surface area contributed by atoms with E-state index in [1.807, 2.05) is 0 Å². The molecule has 0 atom stereocenters. The Morgan fingerprint density at radius 2 is 1.96 bits per heavy atom. The Morgan fingerprint density at radius 3 is 2.69 bits per heavy atom. The number of carbonyl (C=O) groups is 1. The van der Waals surface area contributed by atoms with Gasteiger partial charge in [-0.1, -0.05) is 65.9 Å². The van der Waals surface area contributed by atoms with Crippen LogP contribution in [-0.2, 0) is 4.79 Å². The van der Waals surface area contributed by atoms with E-state index in [0.717, 1.165) is 0 Å². The number of rotatable bonds is 4. The molecule has 2 aromatic rings. The molecule has 0 spiro atoms. The van der Waals surface area contributed by atoms with Crippen LogP contribution in [0.4, 0.5) is 11.4 Å². The van der Waals surface area contributed by atoms with E-state index >= 15 is 0 Å². The molecule has 2 aromatic carbocycles. The lowest BCUT2D eigenvalue weighted by molar-refractivity contribution is -0.384. The van der Waals surface area contributed by atoms with Crippen LogP contribution in [0, 0.1) is 10.1 Å². The zero-order valence-corrected chi connectivity index (χ0v) is 15.6. The second kappa shape index (κ2) is 7.82. The third kappa shape index (κ3) is 4.01. The average Bonchev–Trinajstić information content (AvgIpc) is 2.89. The number of nitrogens with zero attached hydrogens (tertiary/aromatic N) is 2. The van der Waals surface area contributed by atoms with Crippen molar-refractivity contribution in [2.75, 3.05) is 4.90 Å². The molecule has 1 amide bonds. The summed E-state index contributed by atoms with van der Waals surface area (Å²) in [7, 11) is 0. The smallest absolute Gasteiger partial charge is 0.268 e. The monoisotopic (exact) mass is 402 g/mol. The fourth-order valence-corrected chi connectivity index (χ4v) is 3.74. The summed E-state index contributed by atoms with van der Waals surface area (Å²) in [5.41, 5.74) is 1.30. The van der Waals surface area contributed by atoms with E-state index in [1.54, 1.807) is 54.6 Å². The first-order valence-corrected chi connectivity index (χ1v) is 9.00. The molecule has 0 saturated carbocycles. The van der Waals surface area contributed by atoms with Crippen LogP contribution < -0.4 is 4.90 Å². The molecule has 0 N–H and O–H groups in total. The van der Waals surface area contributed by atoms with Gasteiger partial charge in [0.1, 0.15) is 0 Å². The normalized spacial score (nSPS) is 16.0. The van der Waals surface area contributed by atoms with Crippen LogP contribution in [0.1, 0.15) is 5.56 Å². The Hall–Kier alpha value is -2.48. The summed E-state index contributed by atoms with van der Waals surface area (Å²) in [5, 5.41) is 11.3. The van der Waals surface area contributed by atoms with Crippen molar-refractivity contribution in [3.8, 4) is 0 Å². The van der Waals surface area contributed by atoms with Crippen LogP contribution in [0.15, 0.2) is 65.6 Å². The minimum atomic E-state index is -0.451. The van der Waals surface area contributed by atoms with E-state index in [-0.39, 0.29) is 11.6 Å². The topological polar surface area (TPSA) is 63.4 Å². The molecular weight excluding hydrogens is 392 g/mol. The largest absolute Gasteiger partial charge is 0.270 e. The number of anilines is 1. The minimum Gasteiger partial charge on any atom is -0.268 e. The molecule has 0 aromatic heterocycles. The van der Waals surface area contributed by atoms with Crippen molar-refractivity contribution in [2.45, 2.75) is 0 Å². The maximum absolute atomic E-state index is 12.6. The zero-order chi connectivity index (χ0) is 18.7. The fraction of sp³-hybridized carbons (Fsp3) is 0. The van der Waals surface area contributed by atoms with Gasteiger partial charge >= 0.3 is 0 Å². The number of thioether (sulfide) groups is 1. The van der Waals surface area contributed by atoms with Crippen molar-refractivity contribution in [2.24, 2.45) is 0 Å². The number of nitro benzene ring substituents is 1. The Balaban J connectivity index is 1.80. The maximum Gasteiger partial charge on any atom is 0.270 e. The number of nitro groups is 1. The van der Waals surface area contributed by atoms with E-state index in [9.17, 15) is 14.9 Å². The molecule has 0 unspecified atom stereocenters. The lowest BCUT2D eigenvalue weighted by Gasteiger charge is -2.14. The lowest BCUT2D eigenvalue weighted by atomic mass is 10.2. The van der Waals surface area contributed by atoms with Crippen LogP contribution in [0.25, 0.3) is 6.08 Å². The number of non-ortho nitro benzene ring substituents is 1. The summed E-state index contributed by atoms with van der Waals surface area (Å²) in [4.78, 5) is 24.8. The van der Waals surface area contributed by atoms with Crippen molar-refractivity contribution < 1.29 is 9.72 Å². The predicted octanol–water partition coefficient (Wildman–Crippen LogP) is 5.21. The first kappa shape index (κ1) is 18.3. The van der Waals surface area contributed by atoms with E-state index in [2.05, 4.69) is 0 Å². The van der Waals surface area contributed by atoms with Gasteiger partial charge in [-0.3, -0.25) is 19.8 Å². The van der Waals surface area contributed by atoms with E-state index in [1.165, 1.54) is 28.8 Å². The van der Waals surface area contributed by atoms with Crippen LogP contribution in [0.5, 0.6) is 0 Å². The summed E-state index contributed by atoms with van der Waals surface area (Å²) in [6.07, 6.45) is 5.00. The summed E-state index contributed by atoms with van der Waals surface area (Å²) >= 11 is 12.5. The molecule has 26 heavy (non-hydrogen) atoms. The Labute approximate surface area is 164 Å². The number of thiocarbonyl (C=S) groups is 1. The van der Waals surface area contributed by atoms with Crippen molar-refractivity contribution in [1.82, 2.24) is 0 Å². The molecule has 8 heteroatoms. The van der Waals surface area contributed by atoms with Gasteiger partial charge in [-0.05, 0) is 29.8 Å². The third-order valence-corrected chi connectivity index (χ3v) is 5.03. The van der Waals surface area contributed by atoms with Crippen molar-refractivity contribution in [3.05, 3.63) is 86.3 Å². The van der Waals surface area contributed by atoms with Gasteiger partial charge in [0, 0.05) is 17.2 Å². The van der Waals surface area contributed by atoms with E-state index < -0.39 is 4.92 Å². The highest BCUT2D eigenvalue weighted by Crippen LogP contribution is 2.35. The van der Waals surface area contributed by atoms with E-state index in [4.69, 9.17) is 23.8 Å². The SMILES string of the molecule is O=C1/C(=C\C=C\c2cccc([N+](=O)[O-])c2)SC(=S)N1c1cccc(Cl)c1. The Bertz CT molecular complexity index is 972. The molecule has 1 aliphatic heterocycles. The third-order valence-electron chi connectivity index (χ3n) is 3.48. The number of benzene rings is 2. The molecule has 1 saturated heterocycles. The Kier molecular flexibility index (Phi) is 5.51. The molecule has 0 aliphatic carbocycles. The van der Waals surface area contributed by atoms with Gasteiger partial charge in [-0.25, -0.2) is 0 Å². The summed E-state index contributed by atoms with van der Waals surface area (Å²) < 4.78 is 0.423. The molecule has 0 radical (unpaired) electrons. The first-order chi connectivity index (χ1) is 12.5. The van der Waals surface area contributed by atoms with Crippen LogP contribution >= 0.6 is 35.6 Å². The van der Waals surface area contributed by atoms with Gasteiger partial charge in [0.25, 0.3) is 11.6 Å². The predicted molar refractivity (Wildman–Crippen MR) is 109 cm³/mol. The zero-order valence-electron chi connectivity index (χ0n) is 13.2. The number of allylic oxidation sites excluding steroid dienone is 2. The van der Waals surface area contributed by atoms with Crippen molar-refractivity contribution >= 4 is 63.3 Å². The number of hydrogen-bond acceptors (Lipinski definition) is 5. The number of amides is 1. The van der Waals surface area contributed by atoms with E-state index in [0.29, 0.717) is 25.5 Å². The molecular formula is C18H11ClN2O3S2. The lowest BCUT2D eigenvalue weighted by Crippen LogP contribution is -2.27. The average molecular weight is 403 g/mol. The molecule has 1 fully saturated rings. The molecule has 3 rings (SSSR count). The highest BCUT2D eigenvalue weighted by atomic mass is 35.5. The van der Waals surface area contributed by atoms with Crippen molar-refractivity contribution in [1.29, 1.82) is 0 Å². The van der Waals surface area contributed by atoms with Gasteiger partial charge in [0.2, 0.25) is 0 Å². The van der Waals surface area contributed by atoms with Crippen molar-refractivity contribution in [3.63, 3.8) is 0 Å². The molecule has 1 heterocycles. The summed E-state index contributed by atoms with van der Waals surface area (Å²) in [6, 6.07) is 13.1. The molecule has 130 valence electrons.